The Morgan fingerprint density at radius 2 is 1.61 bits per heavy atom. The Kier molecular flexibility index (Phi) is 4.01. The molecule has 0 spiro atoms. The van der Waals surface area contributed by atoms with Crippen LogP contribution in [0.5, 0.6) is 0 Å². The van der Waals surface area contributed by atoms with E-state index < -0.39 is 24.1 Å². The van der Waals surface area contributed by atoms with Crippen LogP contribution in [0.1, 0.15) is 27.7 Å². The van der Waals surface area contributed by atoms with Crippen molar-refractivity contribution in [3.63, 3.8) is 0 Å². The summed E-state index contributed by atoms with van der Waals surface area (Å²) in [5, 5.41) is 0. The lowest BCUT2D eigenvalue weighted by Crippen LogP contribution is -2.41. The van der Waals surface area contributed by atoms with Crippen molar-refractivity contribution < 1.29 is 13.7 Å². The van der Waals surface area contributed by atoms with Gasteiger partial charge < -0.3 is 15.0 Å². The minimum Gasteiger partial charge on any atom is -0.399 e. The molecule has 1 aliphatic heterocycles. The number of halogens is 2. The molecular formula is C12H18BClFNO2. The Labute approximate surface area is 113 Å². The van der Waals surface area contributed by atoms with Crippen molar-refractivity contribution in [2.24, 2.45) is 0 Å². The van der Waals surface area contributed by atoms with Crippen molar-refractivity contribution in [2.75, 3.05) is 5.73 Å². The van der Waals surface area contributed by atoms with E-state index >= 15 is 0 Å². The monoisotopic (exact) mass is 273 g/mol. The minimum atomic E-state index is -0.705. The molecule has 1 aromatic rings. The van der Waals surface area contributed by atoms with Crippen LogP contribution in [0.15, 0.2) is 18.2 Å². The molecule has 18 heavy (non-hydrogen) atoms. The van der Waals surface area contributed by atoms with Gasteiger partial charge in [0.2, 0.25) is 0 Å². The van der Waals surface area contributed by atoms with E-state index in [0.717, 1.165) is 0 Å². The fourth-order valence-electron chi connectivity index (χ4n) is 1.72. The predicted octanol–water partition coefficient (Wildman–Crippen LogP) is 2.13. The lowest BCUT2D eigenvalue weighted by atomic mass is 9.78. The molecule has 0 aliphatic carbocycles. The van der Waals surface area contributed by atoms with Crippen molar-refractivity contribution >= 4 is 30.7 Å². The molecule has 0 radical (unpaired) electrons. The van der Waals surface area contributed by atoms with Gasteiger partial charge in [-0.25, -0.2) is 4.39 Å². The van der Waals surface area contributed by atoms with E-state index in [-0.39, 0.29) is 18.1 Å². The summed E-state index contributed by atoms with van der Waals surface area (Å²) in [6.07, 6.45) is 0. The Hall–Kier alpha value is -0.775. The standard InChI is InChI=1S/C12H17BFNO2.ClH/c1-11(2)12(3,4)17-13(16-11)8-6-5-7-9(15)10(8)14;/h5-7H,15H2,1-4H3;1H. The second kappa shape index (κ2) is 4.72. The van der Waals surface area contributed by atoms with Crippen molar-refractivity contribution in [1.82, 2.24) is 0 Å². The molecule has 1 aromatic carbocycles. The second-order valence-corrected chi connectivity index (χ2v) is 5.34. The van der Waals surface area contributed by atoms with E-state index in [9.17, 15) is 4.39 Å². The number of benzene rings is 1. The molecule has 2 rings (SSSR count). The number of hydrogen-bond acceptors (Lipinski definition) is 3. The fourth-order valence-corrected chi connectivity index (χ4v) is 1.72. The van der Waals surface area contributed by atoms with Crippen LogP contribution < -0.4 is 11.2 Å². The first-order valence-electron chi connectivity index (χ1n) is 5.64. The van der Waals surface area contributed by atoms with Crippen molar-refractivity contribution in [3.05, 3.63) is 24.0 Å². The largest absolute Gasteiger partial charge is 0.497 e. The highest BCUT2D eigenvalue weighted by Crippen LogP contribution is 2.36. The quantitative estimate of drug-likeness (QED) is 0.630. The van der Waals surface area contributed by atoms with Crippen LogP contribution in [0.2, 0.25) is 0 Å². The van der Waals surface area contributed by atoms with Crippen LogP contribution >= 0.6 is 12.4 Å². The van der Waals surface area contributed by atoms with Gasteiger partial charge in [-0.1, -0.05) is 12.1 Å². The minimum absolute atomic E-state index is 0. The first-order valence-corrected chi connectivity index (χ1v) is 5.64. The van der Waals surface area contributed by atoms with Gasteiger partial charge in [-0.2, -0.15) is 0 Å². The summed E-state index contributed by atoms with van der Waals surface area (Å²) in [5.41, 5.74) is 5.04. The van der Waals surface area contributed by atoms with E-state index in [1.165, 1.54) is 6.07 Å². The van der Waals surface area contributed by atoms with Crippen LogP contribution in [0.4, 0.5) is 10.1 Å². The molecular weight excluding hydrogens is 255 g/mol. The van der Waals surface area contributed by atoms with Crippen LogP contribution in [0, 0.1) is 5.82 Å². The molecule has 1 saturated heterocycles. The van der Waals surface area contributed by atoms with Crippen LogP contribution in [-0.2, 0) is 9.31 Å². The third-order valence-corrected chi connectivity index (χ3v) is 3.57. The summed E-state index contributed by atoms with van der Waals surface area (Å²) in [5.74, 6) is -0.467. The molecule has 0 atom stereocenters. The van der Waals surface area contributed by atoms with Gasteiger partial charge in [-0.05, 0) is 33.8 Å². The maximum atomic E-state index is 13.9. The third kappa shape index (κ3) is 2.35. The Bertz CT molecular complexity index is 438. The highest BCUT2D eigenvalue weighted by atomic mass is 35.5. The average Bonchev–Trinajstić information content (AvgIpc) is 2.40. The summed E-state index contributed by atoms with van der Waals surface area (Å²) in [4.78, 5) is 0. The molecule has 0 saturated carbocycles. The average molecular weight is 274 g/mol. The lowest BCUT2D eigenvalue weighted by Gasteiger charge is -2.32. The van der Waals surface area contributed by atoms with Crippen molar-refractivity contribution in [3.8, 4) is 0 Å². The fraction of sp³-hybridized carbons (Fsp3) is 0.500. The zero-order valence-corrected chi connectivity index (χ0v) is 11.8. The number of nitrogens with two attached hydrogens (primary N) is 1. The topological polar surface area (TPSA) is 44.5 Å². The van der Waals surface area contributed by atoms with Gasteiger partial charge in [0.05, 0.1) is 16.9 Å². The SMILES string of the molecule is CC1(C)OB(c2cccc(N)c2F)OC1(C)C.Cl. The molecule has 6 heteroatoms. The maximum absolute atomic E-state index is 13.9. The van der Waals surface area contributed by atoms with Crippen molar-refractivity contribution in [2.45, 2.75) is 38.9 Å². The highest BCUT2D eigenvalue weighted by Gasteiger charge is 2.52. The van der Waals surface area contributed by atoms with Gasteiger partial charge in [0.15, 0.2) is 0 Å². The Balaban J connectivity index is 0.00000162. The Morgan fingerprint density at radius 1 is 1.11 bits per heavy atom. The van der Waals surface area contributed by atoms with Crippen molar-refractivity contribution in [1.29, 1.82) is 0 Å². The molecule has 3 nitrogen and oxygen atoms in total. The molecule has 1 heterocycles. The zero-order chi connectivity index (χ0) is 12.8. The van der Waals surface area contributed by atoms with E-state index in [2.05, 4.69) is 0 Å². The summed E-state index contributed by atoms with van der Waals surface area (Å²) in [6.45, 7) is 7.71. The number of rotatable bonds is 1. The molecule has 0 unspecified atom stereocenters. The summed E-state index contributed by atoms with van der Waals surface area (Å²) in [6, 6.07) is 4.84. The number of anilines is 1. The highest BCUT2D eigenvalue weighted by molar-refractivity contribution is 6.62. The van der Waals surface area contributed by atoms with Gasteiger partial charge in [0.1, 0.15) is 5.82 Å². The molecule has 0 amide bonds. The van der Waals surface area contributed by atoms with Gasteiger partial charge >= 0.3 is 7.12 Å². The van der Waals surface area contributed by atoms with Gasteiger partial charge in [0.25, 0.3) is 0 Å². The molecule has 100 valence electrons. The molecule has 2 N–H and O–H groups in total. The first-order chi connectivity index (χ1) is 7.74. The predicted molar refractivity (Wildman–Crippen MR) is 73.8 cm³/mol. The molecule has 0 aromatic heterocycles. The molecule has 1 fully saturated rings. The normalized spacial score (nSPS) is 20.6. The Morgan fingerprint density at radius 3 is 2.11 bits per heavy atom. The van der Waals surface area contributed by atoms with Gasteiger partial charge in [-0.3, -0.25) is 0 Å². The van der Waals surface area contributed by atoms with Crippen LogP contribution in [-0.4, -0.2) is 18.3 Å². The van der Waals surface area contributed by atoms with Crippen LogP contribution in [0.25, 0.3) is 0 Å². The molecule has 1 aliphatic rings. The lowest BCUT2D eigenvalue weighted by molar-refractivity contribution is 0.00578. The first kappa shape index (κ1) is 15.3. The van der Waals surface area contributed by atoms with Gasteiger partial charge in [-0.15, -0.1) is 12.4 Å². The van der Waals surface area contributed by atoms with Gasteiger partial charge in [0, 0.05) is 5.46 Å². The summed E-state index contributed by atoms with van der Waals surface area (Å²) in [7, 11) is -0.705. The van der Waals surface area contributed by atoms with E-state index in [1.807, 2.05) is 27.7 Å². The maximum Gasteiger partial charge on any atom is 0.497 e. The smallest absolute Gasteiger partial charge is 0.399 e. The molecule has 0 bridgehead atoms. The zero-order valence-electron chi connectivity index (χ0n) is 11.0. The number of nitrogen functional groups attached to an aromatic ring is 1. The summed E-state index contributed by atoms with van der Waals surface area (Å²) >= 11 is 0. The van der Waals surface area contributed by atoms with E-state index in [4.69, 9.17) is 15.0 Å². The number of hydrogen-bond donors (Lipinski definition) is 1. The van der Waals surface area contributed by atoms with Crippen LogP contribution in [0.3, 0.4) is 0 Å². The summed E-state index contributed by atoms with van der Waals surface area (Å²) < 4.78 is 25.4. The van der Waals surface area contributed by atoms with E-state index in [0.29, 0.717) is 5.46 Å². The third-order valence-electron chi connectivity index (χ3n) is 3.57. The second-order valence-electron chi connectivity index (χ2n) is 5.34. The van der Waals surface area contributed by atoms with E-state index in [1.54, 1.807) is 12.1 Å².